The number of hydrogen-bond donors (Lipinski definition) is 1. The topological polar surface area (TPSA) is 124 Å². The Bertz CT molecular complexity index is 1620. The number of benzene rings is 1. The lowest BCUT2D eigenvalue weighted by molar-refractivity contribution is 0.0197. The molecule has 1 aromatic carbocycles. The van der Waals surface area contributed by atoms with Crippen LogP contribution in [0.3, 0.4) is 0 Å². The number of aromatic nitrogens is 5. The van der Waals surface area contributed by atoms with Crippen molar-refractivity contribution in [3.63, 3.8) is 0 Å². The maximum absolute atomic E-state index is 12.8. The van der Waals surface area contributed by atoms with E-state index in [9.17, 15) is 13.2 Å². The number of likely N-dealkylation sites (tertiary alicyclic amines) is 1. The highest BCUT2D eigenvalue weighted by molar-refractivity contribution is 7.90. The fourth-order valence-corrected chi connectivity index (χ4v) is 5.32. The summed E-state index contributed by atoms with van der Waals surface area (Å²) in [5.74, 6) is 0.674. The fraction of sp³-hybridized carbons (Fsp3) is 0.407. The van der Waals surface area contributed by atoms with Gasteiger partial charge in [0.25, 0.3) is 0 Å². The normalized spacial score (nSPS) is 16.4. The molecule has 206 valence electrons. The van der Waals surface area contributed by atoms with E-state index in [2.05, 4.69) is 15.5 Å². The number of carbonyl (C=O) groups excluding carboxylic acids is 1. The molecule has 1 aliphatic heterocycles. The zero-order valence-corrected chi connectivity index (χ0v) is 23.6. The Morgan fingerprint density at radius 2 is 1.87 bits per heavy atom. The van der Waals surface area contributed by atoms with Gasteiger partial charge in [0.15, 0.2) is 15.5 Å². The number of nitrogens with one attached hydrogen (secondary N) is 1. The van der Waals surface area contributed by atoms with Crippen molar-refractivity contribution in [2.24, 2.45) is 7.05 Å². The van der Waals surface area contributed by atoms with Gasteiger partial charge < -0.3 is 15.0 Å². The van der Waals surface area contributed by atoms with Crippen LogP contribution in [0.5, 0.6) is 0 Å². The molecular formula is C27H33N7O4S. The van der Waals surface area contributed by atoms with Crippen molar-refractivity contribution in [1.82, 2.24) is 29.3 Å². The first kappa shape index (κ1) is 26.7. The molecule has 1 N–H and O–H groups in total. The second-order valence-corrected chi connectivity index (χ2v) is 13.0. The standard InChI is InChI=1S/C27H33N7O4S/c1-27(2,3)38-26(35)33-12-6-7-18(17-33)23-13-24(30-20-8-10-21(11-9-20)39(5,36)37)34-25(31-23)22(15-29-34)19-14-28-32(4)16-19/h8-11,13-16,18,30H,6-7,12,17H2,1-5H3. The number of sulfone groups is 1. The molecule has 3 aromatic heterocycles. The second kappa shape index (κ2) is 9.99. The maximum atomic E-state index is 12.8. The molecule has 4 heterocycles. The van der Waals surface area contributed by atoms with Gasteiger partial charge in [0, 0.05) is 61.4 Å². The minimum absolute atomic E-state index is 0.000997. The number of nitrogens with zero attached hydrogens (tertiary/aromatic N) is 6. The first-order valence-corrected chi connectivity index (χ1v) is 14.7. The van der Waals surface area contributed by atoms with Crippen molar-refractivity contribution in [1.29, 1.82) is 0 Å². The fourth-order valence-electron chi connectivity index (χ4n) is 4.69. The van der Waals surface area contributed by atoms with Gasteiger partial charge >= 0.3 is 6.09 Å². The summed E-state index contributed by atoms with van der Waals surface area (Å²) in [5, 5.41) is 12.3. The van der Waals surface area contributed by atoms with Crippen LogP contribution in [0.25, 0.3) is 16.8 Å². The van der Waals surface area contributed by atoms with Gasteiger partial charge in [-0.2, -0.15) is 14.7 Å². The van der Waals surface area contributed by atoms with Crippen LogP contribution in [0.1, 0.15) is 45.2 Å². The van der Waals surface area contributed by atoms with Crippen LogP contribution in [-0.4, -0.2) is 68.7 Å². The molecule has 1 fully saturated rings. The average molecular weight is 552 g/mol. The van der Waals surface area contributed by atoms with Crippen LogP contribution in [-0.2, 0) is 21.6 Å². The lowest BCUT2D eigenvalue weighted by Crippen LogP contribution is -2.42. The predicted molar refractivity (Wildman–Crippen MR) is 148 cm³/mol. The van der Waals surface area contributed by atoms with E-state index in [-0.39, 0.29) is 16.9 Å². The number of fused-ring (bicyclic) bond motifs is 1. The lowest BCUT2D eigenvalue weighted by atomic mass is 9.94. The van der Waals surface area contributed by atoms with Crippen molar-refractivity contribution in [3.05, 3.63) is 54.6 Å². The van der Waals surface area contributed by atoms with Gasteiger partial charge in [-0.1, -0.05) is 0 Å². The molecular weight excluding hydrogens is 518 g/mol. The molecule has 12 heteroatoms. The van der Waals surface area contributed by atoms with Crippen molar-refractivity contribution in [2.45, 2.75) is 50.0 Å². The Morgan fingerprint density at radius 1 is 1.13 bits per heavy atom. The molecule has 1 unspecified atom stereocenters. The molecule has 4 aromatic rings. The predicted octanol–water partition coefficient (Wildman–Crippen LogP) is 4.39. The molecule has 0 aliphatic carbocycles. The summed E-state index contributed by atoms with van der Waals surface area (Å²) in [5.41, 5.74) is 3.35. The number of anilines is 2. The lowest BCUT2D eigenvalue weighted by Gasteiger charge is -2.34. The summed E-state index contributed by atoms with van der Waals surface area (Å²) >= 11 is 0. The monoisotopic (exact) mass is 551 g/mol. The van der Waals surface area contributed by atoms with Gasteiger partial charge in [0.1, 0.15) is 11.4 Å². The van der Waals surface area contributed by atoms with Crippen LogP contribution in [0.2, 0.25) is 0 Å². The van der Waals surface area contributed by atoms with E-state index < -0.39 is 15.4 Å². The first-order chi connectivity index (χ1) is 18.4. The quantitative estimate of drug-likeness (QED) is 0.387. The van der Waals surface area contributed by atoms with E-state index in [1.54, 1.807) is 50.8 Å². The zero-order valence-electron chi connectivity index (χ0n) is 22.7. The molecule has 0 radical (unpaired) electrons. The molecule has 0 bridgehead atoms. The Morgan fingerprint density at radius 3 is 2.51 bits per heavy atom. The van der Waals surface area contributed by atoms with E-state index in [1.165, 1.54) is 6.26 Å². The molecule has 11 nitrogen and oxygen atoms in total. The number of rotatable bonds is 5. The van der Waals surface area contributed by atoms with Crippen molar-refractivity contribution in [3.8, 4) is 11.1 Å². The highest BCUT2D eigenvalue weighted by Gasteiger charge is 2.30. The van der Waals surface area contributed by atoms with Gasteiger partial charge in [-0.15, -0.1) is 0 Å². The minimum Gasteiger partial charge on any atom is -0.444 e. The van der Waals surface area contributed by atoms with Gasteiger partial charge in [0.2, 0.25) is 0 Å². The Kier molecular flexibility index (Phi) is 6.83. The summed E-state index contributed by atoms with van der Waals surface area (Å²) in [6, 6.07) is 8.53. The number of carbonyl (C=O) groups is 1. The third kappa shape index (κ3) is 5.90. The Balaban J connectivity index is 1.53. The van der Waals surface area contributed by atoms with E-state index >= 15 is 0 Å². The SMILES string of the molecule is Cn1cc(-c2cnn3c(Nc4ccc(S(C)(=O)=O)cc4)cc(C4CCCN(C(=O)OC(C)(C)C)C4)nc23)cn1. The van der Waals surface area contributed by atoms with E-state index in [0.717, 1.165) is 29.7 Å². The van der Waals surface area contributed by atoms with Crippen molar-refractivity contribution < 1.29 is 17.9 Å². The summed E-state index contributed by atoms with van der Waals surface area (Å²) in [4.78, 5) is 19.8. The number of amides is 1. The van der Waals surface area contributed by atoms with Crippen LogP contribution in [0.15, 0.2) is 53.8 Å². The molecule has 39 heavy (non-hydrogen) atoms. The largest absolute Gasteiger partial charge is 0.444 e. The van der Waals surface area contributed by atoms with E-state index in [4.69, 9.17) is 9.72 Å². The van der Waals surface area contributed by atoms with Gasteiger partial charge in [-0.05, 0) is 57.9 Å². The van der Waals surface area contributed by atoms with Gasteiger partial charge in [-0.3, -0.25) is 4.68 Å². The van der Waals surface area contributed by atoms with E-state index in [1.807, 2.05) is 40.1 Å². The Hall–Kier alpha value is -3.93. The molecule has 1 aliphatic rings. The molecule has 1 amide bonds. The smallest absolute Gasteiger partial charge is 0.410 e. The zero-order chi connectivity index (χ0) is 27.9. The summed E-state index contributed by atoms with van der Waals surface area (Å²) in [7, 11) is -1.45. The van der Waals surface area contributed by atoms with Crippen LogP contribution in [0.4, 0.5) is 16.3 Å². The molecule has 0 saturated carbocycles. The van der Waals surface area contributed by atoms with Crippen molar-refractivity contribution in [2.75, 3.05) is 24.7 Å². The van der Waals surface area contributed by atoms with Gasteiger partial charge in [0.05, 0.1) is 23.0 Å². The third-order valence-electron chi connectivity index (χ3n) is 6.55. The minimum atomic E-state index is -3.30. The number of hydrogen-bond acceptors (Lipinski definition) is 8. The molecule has 1 saturated heterocycles. The number of aryl methyl sites for hydroxylation is 1. The third-order valence-corrected chi connectivity index (χ3v) is 7.68. The van der Waals surface area contributed by atoms with E-state index in [0.29, 0.717) is 30.2 Å². The molecule has 1 atom stereocenters. The highest BCUT2D eigenvalue weighted by atomic mass is 32.2. The Labute approximate surface area is 227 Å². The highest BCUT2D eigenvalue weighted by Crippen LogP contribution is 2.32. The summed E-state index contributed by atoms with van der Waals surface area (Å²) < 4.78 is 32.9. The maximum Gasteiger partial charge on any atom is 0.410 e. The molecule has 0 spiro atoms. The summed E-state index contributed by atoms with van der Waals surface area (Å²) in [6.07, 6.45) is 8.01. The van der Waals surface area contributed by atoms with Crippen molar-refractivity contribution >= 4 is 33.1 Å². The number of piperidine rings is 1. The number of ether oxygens (including phenoxy) is 1. The van der Waals surface area contributed by atoms with Crippen LogP contribution < -0.4 is 5.32 Å². The average Bonchev–Trinajstić information content (AvgIpc) is 3.49. The molecule has 5 rings (SSSR count). The van der Waals surface area contributed by atoms with Crippen LogP contribution >= 0.6 is 0 Å². The second-order valence-electron chi connectivity index (χ2n) is 10.9. The summed E-state index contributed by atoms with van der Waals surface area (Å²) in [6.45, 7) is 6.72. The first-order valence-electron chi connectivity index (χ1n) is 12.8. The van der Waals surface area contributed by atoms with Gasteiger partial charge in [-0.25, -0.2) is 18.2 Å². The van der Waals surface area contributed by atoms with Crippen LogP contribution in [0, 0.1) is 0 Å².